The molecule has 1 atom stereocenters. The van der Waals surface area contributed by atoms with Crippen molar-refractivity contribution in [3.05, 3.63) is 0 Å². The summed E-state index contributed by atoms with van der Waals surface area (Å²) in [7, 11) is -1.31. The molecule has 0 amide bonds. The van der Waals surface area contributed by atoms with Crippen LogP contribution in [0, 0.1) is 0 Å². The Hall–Kier alpha value is -0.910. The Morgan fingerprint density at radius 2 is 2.00 bits per heavy atom. The third-order valence-corrected chi connectivity index (χ3v) is 3.10. The van der Waals surface area contributed by atoms with E-state index in [0.717, 1.165) is 12.8 Å². The molecule has 0 bridgehead atoms. The highest BCUT2D eigenvalue weighted by molar-refractivity contribution is 7.85. The standard InChI is InChI=1S/C10H18O5S/c1-2-3-6-15-10(13)8-16(14)7-4-5-9(11)12/h2-8H2,1H3,(H,11,12). The summed E-state index contributed by atoms with van der Waals surface area (Å²) in [5, 5.41) is 8.36. The summed E-state index contributed by atoms with van der Waals surface area (Å²) in [4.78, 5) is 21.3. The second kappa shape index (κ2) is 9.33. The van der Waals surface area contributed by atoms with Gasteiger partial charge in [-0.2, -0.15) is 0 Å². The minimum atomic E-state index is -1.31. The molecule has 0 fully saturated rings. The maximum atomic E-state index is 11.3. The third-order valence-electron chi connectivity index (χ3n) is 1.80. The first-order valence-electron chi connectivity index (χ1n) is 5.28. The normalized spacial score (nSPS) is 12.1. The van der Waals surface area contributed by atoms with Crippen LogP contribution in [0.15, 0.2) is 0 Å². The van der Waals surface area contributed by atoms with Gasteiger partial charge in [-0.15, -0.1) is 0 Å². The molecule has 94 valence electrons. The van der Waals surface area contributed by atoms with Gasteiger partial charge in [0.05, 0.1) is 6.61 Å². The highest BCUT2D eigenvalue weighted by Gasteiger charge is 2.09. The van der Waals surface area contributed by atoms with E-state index in [0.29, 0.717) is 13.0 Å². The summed E-state index contributed by atoms with van der Waals surface area (Å²) >= 11 is 0. The fraction of sp³-hybridized carbons (Fsp3) is 0.800. The second-order valence-corrected chi connectivity index (χ2v) is 4.94. The van der Waals surface area contributed by atoms with Gasteiger partial charge >= 0.3 is 11.9 Å². The van der Waals surface area contributed by atoms with Crippen LogP contribution in [0.5, 0.6) is 0 Å². The molecular weight excluding hydrogens is 232 g/mol. The molecule has 16 heavy (non-hydrogen) atoms. The zero-order chi connectivity index (χ0) is 12.4. The Kier molecular flexibility index (Phi) is 8.80. The molecule has 0 aliphatic carbocycles. The van der Waals surface area contributed by atoms with Crippen molar-refractivity contribution in [3.8, 4) is 0 Å². The number of carboxylic acid groups (broad SMARTS) is 1. The van der Waals surface area contributed by atoms with E-state index in [1.165, 1.54) is 0 Å². The van der Waals surface area contributed by atoms with Gasteiger partial charge in [-0.25, -0.2) is 0 Å². The lowest BCUT2D eigenvalue weighted by Crippen LogP contribution is -2.17. The van der Waals surface area contributed by atoms with Crippen LogP contribution in [0.1, 0.15) is 32.6 Å². The number of unbranched alkanes of at least 4 members (excludes halogenated alkanes) is 1. The van der Waals surface area contributed by atoms with Crippen molar-refractivity contribution in [3.63, 3.8) is 0 Å². The molecule has 5 nitrogen and oxygen atoms in total. The molecule has 0 rings (SSSR count). The van der Waals surface area contributed by atoms with Crippen LogP contribution < -0.4 is 0 Å². The first-order chi connectivity index (χ1) is 7.56. The van der Waals surface area contributed by atoms with Crippen LogP contribution in [0.25, 0.3) is 0 Å². The predicted molar refractivity (Wildman–Crippen MR) is 60.6 cm³/mol. The van der Waals surface area contributed by atoms with E-state index in [4.69, 9.17) is 9.84 Å². The van der Waals surface area contributed by atoms with Gasteiger partial charge in [-0.1, -0.05) is 13.3 Å². The monoisotopic (exact) mass is 250 g/mol. The number of carboxylic acids is 1. The lowest BCUT2D eigenvalue weighted by Gasteiger charge is -2.03. The molecule has 6 heteroatoms. The lowest BCUT2D eigenvalue weighted by atomic mass is 10.3. The molecule has 0 aromatic carbocycles. The number of aliphatic carboxylic acids is 1. The second-order valence-electron chi connectivity index (χ2n) is 3.36. The number of rotatable bonds is 9. The maximum Gasteiger partial charge on any atom is 0.318 e. The molecule has 0 heterocycles. The van der Waals surface area contributed by atoms with Crippen LogP contribution in [0.3, 0.4) is 0 Å². The van der Waals surface area contributed by atoms with Crippen molar-refractivity contribution < 1.29 is 23.6 Å². The summed E-state index contributed by atoms with van der Waals surface area (Å²) < 4.78 is 16.1. The van der Waals surface area contributed by atoms with Gasteiger partial charge in [0, 0.05) is 23.0 Å². The van der Waals surface area contributed by atoms with Crippen LogP contribution >= 0.6 is 0 Å². The minimum Gasteiger partial charge on any atom is -0.481 e. The Balaban J connectivity index is 3.54. The zero-order valence-electron chi connectivity index (χ0n) is 9.44. The van der Waals surface area contributed by atoms with Crippen LogP contribution in [-0.2, 0) is 25.1 Å². The number of hydrogen-bond donors (Lipinski definition) is 1. The van der Waals surface area contributed by atoms with Crippen molar-refractivity contribution >= 4 is 22.7 Å². The number of esters is 1. The molecule has 1 N–H and O–H groups in total. The molecule has 0 radical (unpaired) electrons. The molecule has 0 saturated heterocycles. The number of ether oxygens (including phenoxy) is 1. The van der Waals surface area contributed by atoms with E-state index < -0.39 is 22.7 Å². The summed E-state index contributed by atoms with van der Waals surface area (Å²) in [6.45, 7) is 2.35. The first-order valence-corrected chi connectivity index (χ1v) is 6.77. The highest BCUT2D eigenvalue weighted by atomic mass is 32.2. The molecule has 1 unspecified atom stereocenters. The van der Waals surface area contributed by atoms with Gasteiger partial charge in [0.25, 0.3) is 0 Å². The van der Waals surface area contributed by atoms with Gasteiger partial charge in [-0.3, -0.25) is 13.8 Å². The van der Waals surface area contributed by atoms with E-state index in [9.17, 15) is 13.8 Å². The first kappa shape index (κ1) is 15.1. The molecule has 0 saturated carbocycles. The van der Waals surface area contributed by atoms with Gasteiger partial charge in [0.15, 0.2) is 0 Å². The maximum absolute atomic E-state index is 11.3. The number of carbonyl (C=O) groups excluding carboxylic acids is 1. The average molecular weight is 250 g/mol. The minimum absolute atomic E-state index is 0.0172. The molecule has 0 spiro atoms. The van der Waals surface area contributed by atoms with Gasteiger partial charge < -0.3 is 9.84 Å². The molecule has 0 aromatic heterocycles. The van der Waals surface area contributed by atoms with Gasteiger partial charge in [-0.05, 0) is 12.8 Å². The van der Waals surface area contributed by atoms with Crippen LogP contribution in [-0.4, -0.2) is 39.4 Å². The quantitative estimate of drug-likeness (QED) is 0.486. The smallest absolute Gasteiger partial charge is 0.318 e. The predicted octanol–water partition coefficient (Wildman–Crippen LogP) is 0.943. The van der Waals surface area contributed by atoms with Crippen molar-refractivity contribution in [2.24, 2.45) is 0 Å². The van der Waals surface area contributed by atoms with E-state index in [1.807, 2.05) is 6.92 Å². The third kappa shape index (κ3) is 9.64. The Morgan fingerprint density at radius 1 is 1.31 bits per heavy atom. The van der Waals surface area contributed by atoms with E-state index >= 15 is 0 Å². The Morgan fingerprint density at radius 3 is 2.56 bits per heavy atom. The molecule has 0 aromatic rings. The summed E-state index contributed by atoms with van der Waals surface area (Å²) in [5.74, 6) is -1.29. The lowest BCUT2D eigenvalue weighted by molar-refractivity contribution is -0.140. The zero-order valence-corrected chi connectivity index (χ0v) is 10.3. The van der Waals surface area contributed by atoms with Crippen LogP contribution in [0.2, 0.25) is 0 Å². The van der Waals surface area contributed by atoms with Crippen molar-refractivity contribution in [1.82, 2.24) is 0 Å². The number of hydrogen-bond acceptors (Lipinski definition) is 4. The molecule has 0 aliphatic rings. The fourth-order valence-electron chi connectivity index (χ4n) is 0.960. The largest absolute Gasteiger partial charge is 0.481 e. The summed E-state index contributed by atoms with van der Waals surface area (Å²) in [6, 6.07) is 0. The van der Waals surface area contributed by atoms with Crippen molar-refractivity contribution in [2.45, 2.75) is 32.6 Å². The summed E-state index contributed by atoms with van der Waals surface area (Å²) in [5.41, 5.74) is 0. The van der Waals surface area contributed by atoms with Crippen molar-refractivity contribution in [2.75, 3.05) is 18.1 Å². The topological polar surface area (TPSA) is 80.7 Å². The van der Waals surface area contributed by atoms with Crippen molar-refractivity contribution in [1.29, 1.82) is 0 Å². The average Bonchev–Trinajstić information content (AvgIpc) is 2.17. The highest BCUT2D eigenvalue weighted by Crippen LogP contribution is 1.96. The van der Waals surface area contributed by atoms with Gasteiger partial charge in [0.1, 0.15) is 5.75 Å². The van der Waals surface area contributed by atoms with E-state index in [1.54, 1.807) is 0 Å². The van der Waals surface area contributed by atoms with E-state index in [-0.39, 0.29) is 17.9 Å². The Bertz CT molecular complexity index is 252. The Labute approximate surface area is 97.6 Å². The van der Waals surface area contributed by atoms with E-state index in [2.05, 4.69) is 0 Å². The SMILES string of the molecule is CCCCOC(=O)CS(=O)CCCC(=O)O. The van der Waals surface area contributed by atoms with Crippen LogP contribution in [0.4, 0.5) is 0 Å². The number of carbonyl (C=O) groups is 2. The summed E-state index contributed by atoms with van der Waals surface area (Å²) in [6.07, 6.45) is 2.05. The fourth-order valence-corrected chi connectivity index (χ4v) is 1.92. The van der Waals surface area contributed by atoms with Gasteiger partial charge in [0.2, 0.25) is 0 Å². The molecule has 0 aliphatic heterocycles. The molecular formula is C10H18O5S.